The molecule has 2 heterocycles. The van der Waals surface area contributed by atoms with Crippen molar-refractivity contribution in [3.8, 4) is 0 Å². The highest BCUT2D eigenvalue weighted by Gasteiger charge is 2.33. The number of carbonyl (C=O) groups is 1. The minimum Gasteiger partial charge on any atom is -0.358 e. The Morgan fingerprint density at radius 1 is 0.824 bits per heavy atom. The van der Waals surface area contributed by atoms with Crippen LogP contribution in [0, 0.1) is 13.8 Å². The number of carbonyl (C=O) groups excluding carboxylic acids is 1. The molecule has 8 heteroatoms. The molecule has 5 aromatic rings. The van der Waals surface area contributed by atoms with Crippen molar-refractivity contribution in [3.05, 3.63) is 148 Å². The zero-order valence-electron chi connectivity index (χ0n) is 30.3. The first-order valence-corrected chi connectivity index (χ1v) is 17.7. The van der Waals surface area contributed by atoms with Gasteiger partial charge < -0.3 is 20.9 Å². The Morgan fingerprint density at radius 3 is 1.94 bits per heavy atom. The second-order valence-corrected chi connectivity index (χ2v) is 13.6. The third-order valence-electron chi connectivity index (χ3n) is 9.69. The summed E-state index contributed by atoms with van der Waals surface area (Å²) in [4.78, 5) is 15.3. The average Bonchev–Trinajstić information content (AvgIpc) is 3.61. The van der Waals surface area contributed by atoms with Gasteiger partial charge in [0.05, 0.1) is 11.3 Å². The largest absolute Gasteiger partial charge is 0.792 e. The summed E-state index contributed by atoms with van der Waals surface area (Å²) in [7, 11) is 0.660. The first-order chi connectivity index (χ1) is 24.7. The molecule has 0 atom stereocenters. The topological polar surface area (TPSA) is 72.0 Å². The lowest BCUT2D eigenvalue weighted by Gasteiger charge is -2.18. The van der Waals surface area contributed by atoms with Gasteiger partial charge in [-0.2, -0.15) is 0 Å². The van der Waals surface area contributed by atoms with Crippen LogP contribution < -0.4 is 16.0 Å². The van der Waals surface area contributed by atoms with Gasteiger partial charge in [0.1, 0.15) is 0 Å². The molecule has 0 bridgehead atoms. The van der Waals surface area contributed by atoms with Gasteiger partial charge in [0.25, 0.3) is 0 Å². The number of nitrogens with zero attached hydrogens (tertiary/aromatic N) is 1. The number of aryl methyl sites for hydroxylation is 2. The fourth-order valence-corrected chi connectivity index (χ4v) is 7.24. The van der Waals surface area contributed by atoms with E-state index in [1.54, 1.807) is 11.4 Å². The number of aromatic amines is 1. The smallest absolute Gasteiger partial charge is 0.358 e. The first kappa shape index (κ1) is 35.8. The van der Waals surface area contributed by atoms with Crippen molar-refractivity contribution in [2.24, 2.45) is 0 Å². The highest BCUT2D eigenvalue weighted by Crippen LogP contribution is 2.36. The second-order valence-electron chi connectivity index (χ2n) is 13.6. The van der Waals surface area contributed by atoms with Crippen molar-refractivity contribution in [2.75, 3.05) is 13.1 Å². The Kier molecular flexibility index (Phi) is 11.1. The first-order valence-electron chi connectivity index (χ1n) is 17.7. The molecule has 0 saturated heterocycles. The maximum atomic E-state index is 14.2. The van der Waals surface area contributed by atoms with E-state index in [2.05, 4.69) is 120 Å². The number of halogens is 1. The van der Waals surface area contributed by atoms with Gasteiger partial charge in [-0.05, 0) is 96.1 Å². The van der Waals surface area contributed by atoms with Crippen LogP contribution in [-0.4, -0.2) is 41.9 Å². The quantitative estimate of drug-likeness (QED) is 0.0415. The summed E-state index contributed by atoms with van der Waals surface area (Å²) in [5, 5.41) is 15.2. The molecule has 0 saturated carbocycles. The standard InChI is InChI=1S/C43H47BFN5O/c1-27(2)43(51)48-21-11-20-46-25-38-34-12-7-9-14-36(34)39(37-15-10-8-13-35(37)38)26-47-24-32-16-18-33(19-17-32)40(41-28(3)22-30(5)49-41)42-29(4)23-31(6)50(42)44-45/h7-10,12-19,22-23,46-47,49H,1,11,20-21,24-26H2,2-6H3,(H,48,51)/q+1. The van der Waals surface area contributed by atoms with Crippen LogP contribution in [0.4, 0.5) is 4.32 Å². The molecule has 0 spiro atoms. The normalized spacial score (nSPS) is 14.0. The lowest BCUT2D eigenvalue weighted by atomic mass is 9.91. The summed E-state index contributed by atoms with van der Waals surface area (Å²) < 4.78 is 15.9. The maximum absolute atomic E-state index is 14.2. The zero-order chi connectivity index (χ0) is 36.1. The van der Waals surface area contributed by atoms with E-state index in [9.17, 15) is 9.11 Å². The molecule has 0 unspecified atom stereocenters. The summed E-state index contributed by atoms with van der Waals surface area (Å²) in [6.45, 7) is 17.1. The highest BCUT2D eigenvalue weighted by atomic mass is 19.1. The van der Waals surface area contributed by atoms with Crippen molar-refractivity contribution in [1.29, 1.82) is 0 Å². The molecule has 1 amide bonds. The highest BCUT2D eigenvalue weighted by molar-refractivity contribution is 6.20. The fraction of sp³-hybridized carbons (Fsp3) is 0.256. The third kappa shape index (κ3) is 7.68. The third-order valence-corrected chi connectivity index (χ3v) is 9.69. The molecule has 0 aliphatic carbocycles. The summed E-state index contributed by atoms with van der Waals surface area (Å²) in [6, 6.07) is 28.1. The number of nitrogens with one attached hydrogen (secondary N) is 4. The molecule has 6 rings (SSSR count). The van der Waals surface area contributed by atoms with Gasteiger partial charge in [0.15, 0.2) is 11.4 Å². The molecule has 1 aromatic heterocycles. The predicted molar refractivity (Wildman–Crippen MR) is 210 cm³/mol. The number of rotatable bonds is 14. The van der Waals surface area contributed by atoms with Crippen molar-refractivity contribution in [3.63, 3.8) is 0 Å². The zero-order valence-corrected chi connectivity index (χ0v) is 30.3. The van der Waals surface area contributed by atoms with Gasteiger partial charge in [-0.1, -0.05) is 79.4 Å². The molecule has 0 fully saturated rings. The molecule has 4 aromatic carbocycles. The summed E-state index contributed by atoms with van der Waals surface area (Å²) in [5.41, 5.74) is 12.2. The van der Waals surface area contributed by atoms with Gasteiger partial charge in [-0.25, -0.2) is 8.80 Å². The van der Waals surface area contributed by atoms with Crippen LogP contribution in [-0.2, 0) is 24.4 Å². The lowest BCUT2D eigenvalue weighted by molar-refractivity contribution is -0.320. The Balaban J connectivity index is 1.21. The van der Waals surface area contributed by atoms with Crippen molar-refractivity contribution >= 4 is 46.4 Å². The van der Waals surface area contributed by atoms with Crippen LogP contribution in [0.1, 0.15) is 66.4 Å². The molecule has 51 heavy (non-hydrogen) atoms. The number of fused-ring (bicyclic) bond motifs is 2. The molecular weight excluding hydrogens is 632 g/mol. The van der Waals surface area contributed by atoms with Gasteiger partial charge in [-0.3, -0.25) is 4.79 Å². The Bertz CT molecular complexity index is 2150. The van der Waals surface area contributed by atoms with E-state index < -0.39 is 0 Å². The molecule has 4 N–H and O–H groups in total. The summed E-state index contributed by atoms with van der Waals surface area (Å²) >= 11 is 0. The van der Waals surface area contributed by atoms with E-state index in [1.165, 1.54) is 38.2 Å². The molecule has 1 aliphatic rings. The molecular formula is C43H47BFN5O+. The van der Waals surface area contributed by atoms with Gasteiger partial charge in [0, 0.05) is 56.0 Å². The number of amides is 1. The van der Waals surface area contributed by atoms with E-state index in [1.807, 2.05) is 19.9 Å². The molecule has 259 valence electrons. The number of benzene rings is 4. The number of hydrogen-bond acceptors (Lipinski definition) is 3. The summed E-state index contributed by atoms with van der Waals surface area (Å²) in [5.74, 6) is -0.0938. The average molecular weight is 680 g/mol. The summed E-state index contributed by atoms with van der Waals surface area (Å²) in [6.07, 6.45) is 2.87. The molecule has 1 aliphatic heterocycles. The Labute approximate surface area is 301 Å². The van der Waals surface area contributed by atoms with Gasteiger partial charge in [0.2, 0.25) is 5.91 Å². The number of H-pyrrole nitrogens is 1. The number of allylic oxidation sites excluding steroid dienone is 2. The van der Waals surface area contributed by atoms with Crippen LogP contribution >= 0.6 is 0 Å². The van der Waals surface area contributed by atoms with Crippen LogP contribution in [0.5, 0.6) is 0 Å². The van der Waals surface area contributed by atoms with E-state index in [0.29, 0.717) is 26.4 Å². The van der Waals surface area contributed by atoms with Crippen molar-refractivity contribution in [2.45, 2.75) is 60.7 Å². The maximum Gasteiger partial charge on any atom is 0.792 e. The van der Waals surface area contributed by atoms with E-state index in [4.69, 9.17) is 0 Å². The van der Waals surface area contributed by atoms with E-state index >= 15 is 0 Å². The predicted octanol–water partition coefficient (Wildman–Crippen LogP) is 8.10. The second kappa shape index (κ2) is 15.9. The van der Waals surface area contributed by atoms with E-state index in [-0.39, 0.29) is 5.91 Å². The van der Waals surface area contributed by atoms with Gasteiger partial charge >= 0.3 is 7.69 Å². The van der Waals surface area contributed by atoms with Crippen LogP contribution in [0.3, 0.4) is 0 Å². The molecule has 6 nitrogen and oxygen atoms in total. The van der Waals surface area contributed by atoms with Crippen LogP contribution in [0.25, 0.3) is 27.1 Å². The Hall–Kier alpha value is -5.05. The minimum absolute atomic E-state index is 0.0938. The minimum atomic E-state index is -0.0938. The monoisotopic (exact) mass is 679 g/mol. The number of hydrogen-bond donors (Lipinski definition) is 4. The lowest BCUT2D eigenvalue weighted by Crippen LogP contribution is -2.27. The van der Waals surface area contributed by atoms with Crippen molar-refractivity contribution in [1.82, 2.24) is 20.9 Å². The van der Waals surface area contributed by atoms with Crippen LogP contribution in [0.15, 0.2) is 108 Å². The SMILES string of the molecule is C=C(C)C(=O)NCCCNCc1c2ccccc2c(CNCc2ccc(/C(=C3\C(C)=CC(C)=[N+]3[B]F)c3[nH]c(C)cc3C)cc2)c2ccccc12. The number of aromatic nitrogens is 1. The van der Waals surface area contributed by atoms with E-state index in [0.717, 1.165) is 71.1 Å². The van der Waals surface area contributed by atoms with Gasteiger partial charge in [-0.15, -0.1) is 0 Å². The van der Waals surface area contributed by atoms with Crippen molar-refractivity contribution < 1.29 is 13.6 Å². The Morgan fingerprint density at radius 2 is 1.41 bits per heavy atom. The molecule has 1 radical (unpaired) electrons. The fourth-order valence-electron chi connectivity index (χ4n) is 7.24. The van der Waals surface area contributed by atoms with Crippen LogP contribution in [0.2, 0.25) is 0 Å².